The molecule has 0 radical (unpaired) electrons. The van der Waals surface area contributed by atoms with E-state index < -0.39 is 0 Å². The Morgan fingerprint density at radius 3 is 2.71 bits per heavy atom. The molecule has 0 fully saturated rings. The van der Waals surface area contributed by atoms with E-state index in [4.69, 9.17) is 5.11 Å². The van der Waals surface area contributed by atoms with Crippen molar-refractivity contribution in [2.24, 2.45) is 0 Å². The molecule has 1 aromatic rings. The summed E-state index contributed by atoms with van der Waals surface area (Å²) in [5.41, 5.74) is 0.894. The second-order valence-electron chi connectivity index (χ2n) is 3.53. The van der Waals surface area contributed by atoms with E-state index in [1.165, 1.54) is 12.1 Å². The van der Waals surface area contributed by atoms with Crippen LogP contribution in [0.3, 0.4) is 0 Å². The molecule has 1 aromatic carbocycles. The lowest BCUT2D eigenvalue weighted by molar-refractivity contribution is 0.243. The number of aliphatic hydroxyl groups excluding tert-OH is 1. The van der Waals surface area contributed by atoms with Crippen LogP contribution in [0.25, 0.3) is 0 Å². The minimum absolute atomic E-state index is 0.0215. The monoisotopic (exact) mass is 197 g/mol. The molecule has 0 saturated carbocycles. The van der Waals surface area contributed by atoms with Crippen LogP contribution in [-0.4, -0.2) is 17.8 Å². The molecule has 0 aromatic heterocycles. The summed E-state index contributed by atoms with van der Waals surface area (Å²) >= 11 is 0. The number of hydrogen-bond donors (Lipinski definition) is 2. The fourth-order valence-corrected chi connectivity index (χ4v) is 1.35. The molecular formula is C11H16FNO. The molecule has 2 nitrogen and oxygen atoms in total. The van der Waals surface area contributed by atoms with E-state index in [1.54, 1.807) is 6.07 Å². The molecule has 0 saturated heterocycles. The first-order valence-corrected chi connectivity index (χ1v) is 4.76. The molecule has 3 heteroatoms. The number of nitrogens with one attached hydrogen (secondary N) is 1. The fourth-order valence-electron chi connectivity index (χ4n) is 1.35. The van der Waals surface area contributed by atoms with Crippen molar-refractivity contribution in [2.75, 3.05) is 6.61 Å². The van der Waals surface area contributed by atoms with Crippen molar-refractivity contribution >= 4 is 0 Å². The Balaban J connectivity index is 2.64. The molecule has 0 amide bonds. The molecule has 14 heavy (non-hydrogen) atoms. The van der Waals surface area contributed by atoms with Crippen LogP contribution in [0.2, 0.25) is 0 Å². The van der Waals surface area contributed by atoms with Crippen LogP contribution in [-0.2, 0) is 0 Å². The molecule has 0 aliphatic rings. The van der Waals surface area contributed by atoms with Crippen molar-refractivity contribution in [3.8, 4) is 0 Å². The maximum Gasteiger partial charge on any atom is 0.123 e. The highest BCUT2D eigenvalue weighted by Gasteiger charge is 2.08. The smallest absolute Gasteiger partial charge is 0.123 e. The third-order valence-electron chi connectivity index (χ3n) is 2.16. The zero-order chi connectivity index (χ0) is 10.6. The summed E-state index contributed by atoms with van der Waals surface area (Å²) in [7, 11) is 0. The van der Waals surface area contributed by atoms with E-state index in [0.29, 0.717) is 0 Å². The summed E-state index contributed by atoms with van der Waals surface area (Å²) in [5, 5.41) is 12.0. The molecule has 1 unspecified atom stereocenters. The number of benzene rings is 1. The quantitative estimate of drug-likeness (QED) is 0.772. The topological polar surface area (TPSA) is 32.3 Å². The van der Waals surface area contributed by atoms with Crippen molar-refractivity contribution in [1.29, 1.82) is 0 Å². The summed E-state index contributed by atoms with van der Waals surface area (Å²) < 4.78 is 12.9. The summed E-state index contributed by atoms with van der Waals surface area (Å²) in [5.74, 6) is -0.229. The van der Waals surface area contributed by atoms with Gasteiger partial charge in [-0.15, -0.1) is 0 Å². The third-order valence-corrected chi connectivity index (χ3v) is 2.16. The molecule has 0 aliphatic heterocycles. The number of aliphatic hydroxyl groups is 1. The van der Waals surface area contributed by atoms with E-state index in [-0.39, 0.29) is 24.5 Å². The van der Waals surface area contributed by atoms with Gasteiger partial charge in [0.25, 0.3) is 0 Å². The van der Waals surface area contributed by atoms with Gasteiger partial charge in [-0.05, 0) is 31.5 Å². The lowest BCUT2D eigenvalue weighted by atomic mass is 10.1. The minimum Gasteiger partial charge on any atom is -0.395 e. The first kappa shape index (κ1) is 11.1. The average Bonchev–Trinajstić information content (AvgIpc) is 2.17. The maximum absolute atomic E-state index is 12.9. The SMILES string of the molecule is CC(N[C@H](C)CO)c1cccc(F)c1. The van der Waals surface area contributed by atoms with Crippen molar-refractivity contribution in [1.82, 2.24) is 5.32 Å². The Labute approximate surface area is 83.8 Å². The predicted molar refractivity (Wildman–Crippen MR) is 54.5 cm³/mol. The largest absolute Gasteiger partial charge is 0.395 e. The van der Waals surface area contributed by atoms with Gasteiger partial charge in [-0.25, -0.2) is 4.39 Å². The highest BCUT2D eigenvalue weighted by atomic mass is 19.1. The van der Waals surface area contributed by atoms with Gasteiger partial charge in [-0.1, -0.05) is 12.1 Å². The lowest BCUT2D eigenvalue weighted by Crippen LogP contribution is -2.31. The second kappa shape index (κ2) is 5.08. The first-order valence-electron chi connectivity index (χ1n) is 4.76. The molecule has 2 N–H and O–H groups in total. The molecule has 1 rings (SSSR count). The molecule has 0 heterocycles. The number of rotatable bonds is 4. The highest BCUT2D eigenvalue weighted by Crippen LogP contribution is 2.13. The Hall–Kier alpha value is -0.930. The summed E-state index contributed by atoms with van der Waals surface area (Å²) in [6.45, 7) is 3.91. The van der Waals surface area contributed by atoms with Gasteiger partial charge >= 0.3 is 0 Å². The van der Waals surface area contributed by atoms with Crippen molar-refractivity contribution < 1.29 is 9.50 Å². The molecule has 0 bridgehead atoms. The Bertz CT molecular complexity index is 290. The average molecular weight is 197 g/mol. The van der Waals surface area contributed by atoms with Crippen molar-refractivity contribution in [3.63, 3.8) is 0 Å². The van der Waals surface area contributed by atoms with E-state index in [1.807, 2.05) is 19.9 Å². The summed E-state index contributed by atoms with van der Waals surface area (Å²) in [6, 6.07) is 6.55. The van der Waals surface area contributed by atoms with Crippen LogP contribution in [0.15, 0.2) is 24.3 Å². The third kappa shape index (κ3) is 3.09. The van der Waals surface area contributed by atoms with E-state index in [9.17, 15) is 4.39 Å². The zero-order valence-corrected chi connectivity index (χ0v) is 8.50. The molecule has 2 atom stereocenters. The van der Waals surface area contributed by atoms with Gasteiger partial charge in [-0.2, -0.15) is 0 Å². The van der Waals surface area contributed by atoms with E-state index in [0.717, 1.165) is 5.56 Å². The van der Waals surface area contributed by atoms with Gasteiger partial charge in [0.05, 0.1) is 6.61 Å². The van der Waals surface area contributed by atoms with Gasteiger partial charge in [0.1, 0.15) is 5.82 Å². The van der Waals surface area contributed by atoms with Gasteiger partial charge in [0.2, 0.25) is 0 Å². The fraction of sp³-hybridized carbons (Fsp3) is 0.455. The van der Waals surface area contributed by atoms with Crippen LogP contribution in [0.4, 0.5) is 4.39 Å². The van der Waals surface area contributed by atoms with Gasteiger partial charge in [0, 0.05) is 12.1 Å². The van der Waals surface area contributed by atoms with Crippen molar-refractivity contribution in [2.45, 2.75) is 25.9 Å². The Kier molecular flexibility index (Phi) is 4.04. The Morgan fingerprint density at radius 1 is 1.43 bits per heavy atom. The molecular weight excluding hydrogens is 181 g/mol. The van der Waals surface area contributed by atoms with Gasteiger partial charge < -0.3 is 10.4 Å². The van der Waals surface area contributed by atoms with Gasteiger partial charge in [0.15, 0.2) is 0 Å². The van der Waals surface area contributed by atoms with Crippen LogP contribution in [0.5, 0.6) is 0 Å². The first-order chi connectivity index (χ1) is 6.63. The maximum atomic E-state index is 12.9. The molecule has 0 spiro atoms. The summed E-state index contributed by atoms with van der Waals surface area (Å²) in [6.07, 6.45) is 0. The van der Waals surface area contributed by atoms with Crippen LogP contribution < -0.4 is 5.32 Å². The van der Waals surface area contributed by atoms with Gasteiger partial charge in [-0.3, -0.25) is 0 Å². The minimum atomic E-state index is -0.229. The predicted octanol–water partition coefficient (Wildman–Crippen LogP) is 1.86. The van der Waals surface area contributed by atoms with E-state index in [2.05, 4.69) is 5.32 Å². The number of halogens is 1. The standard InChI is InChI=1S/C11H16FNO/c1-8(7-14)13-9(2)10-4-3-5-11(12)6-10/h3-6,8-9,13-14H,7H2,1-2H3/t8-,9?/m1/s1. The van der Waals surface area contributed by atoms with Crippen molar-refractivity contribution in [3.05, 3.63) is 35.6 Å². The molecule has 78 valence electrons. The lowest BCUT2D eigenvalue weighted by Gasteiger charge is -2.18. The Morgan fingerprint density at radius 2 is 2.14 bits per heavy atom. The normalized spacial score (nSPS) is 15.1. The highest BCUT2D eigenvalue weighted by molar-refractivity contribution is 5.19. The molecule has 0 aliphatic carbocycles. The van der Waals surface area contributed by atoms with Crippen LogP contribution in [0.1, 0.15) is 25.5 Å². The van der Waals surface area contributed by atoms with Crippen LogP contribution in [0, 0.1) is 5.82 Å². The zero-order valence-electron chi connectivity index (χ0n) is 8.50. The summed E-state index contributed by atoms with van der Waals surface area (Å²) in [4.78, 5) is 0. The van der Waals surface area contributed by atoms with Crippen LogP contribution >= 0.6 is 0 Å². The number of hydrogen-bond acceptors (Lipinski definition) is 2. The van der Waals surface area contributed by atoms with E-state index >= 15 is 0 Å². The second-order valence-corrected chi connectivity index (χ2v) is 3.53.